The Morgan fingerprint density at radius 3 is 2.56 bits per heavy atom. The Labute approximate surface area is 120 Å². The molecule has 0 N–H and O–H groups in total. The van der Waals surface area contributed by atoms with E-state index in [9.17, 15) is 0 Å². The molecule has 0 atom stereocenters. The Morgan fingerprint density at radius 2 is 1.89 bits per heavy atom. The SMILES string of the molecule is N#CCc1cc(Cl)cnc1-c1ccc(Cl)c(Cl)c1. The molecule has 0 spiro atoms. The first kappa shape index (κ1) is 13.2. The van der Waals surface area contributed by atoms with Crippen molar-refractivity contribution >= 4 is 34.8 Å². The number of pyridine rings is 1. The normalized spacial score (nSPS) is 10.1. The van der Waals surface area contributed by atoms with Crippen molar-refractivity contribution in [3.8, 4) is 17.3 Å². The summed E-state index contributed by atoms with van der Waals surface area (Å²) in [6.45, 7) is 0. The average molecular weight is 298 g/mol. The number of halogens is 3. The molecule has 1 heterocycles. The summed E-state index contributed by atoms with van der Waals surface area (Å²) >= 11 is 17.7. The van der Waals surface area contributed by atoms with Crippen LogP contribution < -0.4 is 0 Å². The standard InChI is InChI=1S/C13H7Cl3N2/c14-10-5-9(3-4-17)13(18-7-10)8-1-2-11(15)12(16)6-8/h1-2,5-7H,3H2. The predicted octanol–water partition coefficient (Wildman–Crippen LogP) is 4.77. The van der Waals surface area contributed by atoms with Crippen LogP contribution in [0.3, 0.4) is 0 Å². The summed E-state index contributed by atoms with van der Waals surface area (Å²) in [6.07, 6.45) is 1.78. The topological polar surface area (TPSA) is 36.7 Å². The van der Waals surface area contributed by atoms with Crippen molar-refractivity contribution in [1.82, 2.24) is 4.98 Å². The molecule has 1 aromatic heterocycles. The van der Waals surface area contributed by atoms with Crippen LogP contribution >= 0.6 is 34.8 Å². The number of hydrogen-bond acceptors (Lipinski definition) is 2. The summed E-state index contributed by atoms with van der Waals surface area (Å²) in [5.74, 6) is 0. The van der Waals surface area contributed by atoms with E-state index in [0.717, 1.165) is 11.1 Å². The molecule has 0 fully saturated rings. The second-order valence-electron chi connectivity index (χ2n) is 3.63. The molecule has 1 aromatic carbocycles. The second kappa shape index (κ2) is 5.58. The molecule has 0 aliphatic heterocycles. The summed E-state index contributed by atoms with van der Waals surface area (Å²) in [6, 6.07) is 9.06. The third kappa shape index (κ3) is 2.76. The van der Waals surface area contributed by atoms with E-state index in [0.29, 0.717) is 20.8 Å². The van der Waals surface area contributed by atoms with Gasteiger partial charge in [-0.25, -0.2) is 0 Å². The fourth-order valence-corrected chi connectivity index (χ4v) is 2.08. The zero-order valence-electron chi connectivity index (χ0n) is 9.12. The quantitative estimate of drug-likeness (QED) is 0.800. The molecule has 0 amide bonds. The minimum Gasteiger partial charge on any atom is -0.254 e. The summed E-state index contributed by atoms with van der Waals surface area (Å²) in [5, 5.41) is 10.3. The van der Waals surface area contributed by atoms with Crippen LogP contribution in [0, 0.1) is 11.3 Å². The molecule has 18 heavy (non-hydrogen) atoms. The van der Waals surface area contributed by atoms with Crippen LogP contribution in [-0.2, 0) is 6.42 Å². The van der Waals surface area contributed by atoms with E-state index in [4.69, 9.17) is 40.1 Å². The molecule has 2 aromatic rings. The summed E-state index contributed by atoms with van der Waals surface area (Å²) in [7, 11) is 0. The van der Waals surface area contributed by atoms with Gasteiger partial charge in [0.05, 0.1) is 33.3 Å². The first-order valence-corrected chi connectivity index (χ1v) is 6.22. The van der Waals surface area contributed by atoms with Gasteiger partial charge in [0.15, 0.2) is 0 Å². The van der Waals surface area contributed by atoms with Crippen molar-refractivity contribution in [2.24, 2.45) is 0 Å². The van der Waals surface area contributed by atoms with Crippen molar-refractivity contribution in [3.63, 3.8) is 0 Å². The maximum Gasteiger partial charge on any atom is 0.0746 e. The molecule has 0 radical (unpaired) electrons. The summed E-state index contributed by atoms with van der Waals surface area (Å²) < 4.78 is 0. The molecule has 0 aliphatic carbocycles. The fourth-order valence-electron chi connectivity index (χ4n) is 1.60. The van der Waals surface area contributed by atoms with E-state index < -0.39 is 0 Å². The molecule has 5 heteroatoms. The minimum atomic E-state index is 0.239. The van der Waals surface area contributed by atoms with Gasteiger partial charge in [-0.3, -0.25) is 4.98 Å². The zero-order valence-corrected chi connectivity index (χ0v) is 11.4. The molecular formula is C13H7Cl3N2. The highest BCUT2D eigenvalue weighted by Crippen LogP contribution is 2.30. The Hall–Kier alpha value is -1.27. The van der Waals surface area contributed by atoms with Gasteiger partial charge in [-0.15, -0.1) is 0 Å². The number of hydrogen-bond donors (Lipinski definition) is 0. The molecule has 0 saturated heterocycles. The monoisotopic (exact) mass is 296 g/mol. The van der Waals surface area contributed by atoms with E-state index in [1.807, 2.05) is 6.07 Å². The van der Waals surface area contributed by atoms with Crippen LogP contribution in [0.4, 0.5) is 0 Å². The molecule has 0 aliphatic rings. The lowest BCUT2D eigenvalue weighted by Crippen LogP contribution is -1.92. The van der Waals surface area contributed by atoms with Gasteiger partial charge in [0.25, 0.3) is 0 Å². The van der Waals surface area contributed by atoms with E-state index in [2.05, 4.69) is 11.1 Å². The van der Waals surface area contributed by atoms with Gasteiger partial charge in [0.2, 0.25) is 0 Å². The lowest BCUT2D eigenvalue weighted by molar-refractivity contribution is 1.20. The number of benzene rings is 1. The molecule has 2 nitrogen and oxygen atoms in total. The van der Waals surface area contributed by atoms with Crippen LogP contribution in [-0.4, -0.2) is 4.98 Å². The zero-order chi connectivity index (χ0) is 13.1. The van der Waals surface area contributed by atoms with Gasteiger partial charge in [-0.1, -0.05) is 40.9 Å². The van der Waals surface area contributed by atoms with Crippen molar-refractivity contribution in [1.29, 1.82) is 5.26 Å². The summed E-state index contributed by atoms with van der Waals surface area (Å²) in [4.78, 5) is 4.25. The van der Waals surface area contributed by atoms with Gasteiger partial charge in [-0.2, -0.15) is 5.26 Å². The molecule has 0 saturated carbocycles. The molecule has 0 bridgehead atoms. The first-order valence-electron chi connectivity index (χ1n) is 5.08. The molecular weight excluding hydrogens is 291 g/mol. The number of nitrogens with zero attached hydrogens (tertiary/aromatic N) is 2. The molecule has 90 valence electrons. The number of aromatic nitrogens is 1. The Morgan fingerprint density at radius 1 is 1.11 bits per heavy atom. The van der Waals surface area contributed by atoms with E-state index in [1.54, 1.807) is 24.4 Å². The average Bonchev–Trinajstić information content (AvgIpc) is 2.34. The largest absolute Gasteiger partial charge is 0.254 e. The van der Waals surface area contributed by atoms with Crippen LogP contribution in [0.5, 0.6) is 0 Å². The van der Waals surface area contributed by atoms with Crippen LogP contribution in [0.1, 0.15) is 5.56 Å². The first-order chi connectivity index (χ1) is 8.61. The van der Waals surface area contributed by atoms with Gasteiger partial charge in [0, 0.05) is 11.8 Å². The Kier molecular flexibility index (Phi) is 4.08. The second-order valence-corrected chi connectivity index (χ2v) is 4.88. The van der Waals surface area contributed by atoms with E-state index >= 15 is 0 Å². The lowest BCUT2D eigenvalue weighted by Gasteiger charge is -2.07. The molecule has 2 rings (SSSR count). The highest BCUT2D eigenvalue weighted by atomic mass is 35.5. The summed E-state index contributed by atoms with van der Waals surface area (Å²) in [5.41, 5.74) is 2.27. The highest BCUT2D eigenvalue weighted by molar-refractivity contribution is 6.42. The van der Waals surface area contributed by atoms with Crippen LogP contribution in [0.2, 0.25) is 15.1 Å². The van der Waals surface area contributed by atoms with Crippen molar-refractivity contribution in [2.75, 3.05) is 0 Å². The lowest BCUT2D eigenvalue weighted by atomic mass is 10.0. The van der Waals surface area contributed by atoms with E-state index in [-0.39, 0.29) is 6.42 Å². The van der Waals surface area contributed by atoms with Gasteiger partial charge < -0.3 is 0 Å². The van der Waals surface area contributed by atoms with Gasteiger partial charge in [0.1, 0.15) is 0 Å². The maximum absolute atomic E-state index is 8.81. The predicted molar refractivity (Wildman–Crippen MR) is 74.0 cm³/mol. The smallest absolute Gasteiger partial charge is 0.0746 e. The van der Waals surface area contributed by atoms with Crippen LogP contribution in [0.15, 0.2) is 30.5 Å². The van der Waals surface area contributed by atoms with Crippen LogP contribution in [0.25, 0.3) is 11.3 Å². The van der Waals surface area contributed by atoms with Gasteiger partial charge >= 0.3 is 0 Å². The maximum atomic E-state index is 8.81. The number of rotatable bonds is 2. The highest BCUT2D eigenvalue weighted by Gasteiger charge is 2.09. The Bertz CT molecular complexity index is 633. The Balaban J connectivity index is 2.56. The number of nitriles is 1. The minimum absolute atomic E-state index is 0.239. The van der Waals surface area contributed by atoms with Gasteiger partial charge in [-0.05, 0) is 23.8 Å². The third-order valence-corrected chi connectivity index (χ3v) is 3.34. The van der Waals surface area contributed by atoms with Crippen molar-refractivity contribution < 1.29 is 0 Å². The molecule has 0 unspecified atom stereocenters. The fraction of sp³-hybridized carbons (Fsp3) is 0.0769. The third-order valence-electron chi connectivity index (χ3n) is 2.40. The van der Waals surface area contributed by atoms with E-state index in [1.165, 1.54) is 0 Å². The van der Waals surface area contributed by atoms with Crippen molar-refractivity contribution in [2.45, 2.75) is 6.42 Å². The van der Waals surface area contributed by atoms with Crippen molar-refractivity contribution in [3.05, 3.63) is 51.1 Å².